The van der Waals surface area contributed by atoms with E-state index in [1.54, 1.807) is 0 Å². The maximum absolute atomic E-state index is 11.8. The molecule has 2 aliphatic heterocycles. The van der Waals surface area contributed by atoms with E-state index in [1.165, 1.54) is 20.2 Å². The highest BCUT2D eigenvalue weighted by Gasteiger charge is 2.59. The molecule has 0 aromatic rings. The number of aliphatic imine (C=N–C) groups is 1. The van der Waals surface area contributed by atoms with Crippen molar-refractivity contribution in [3.63, 3.8) is 0 Å². The topological polar surface area (TPSA) is 324 Å². The first-order valence-electron chi connectivity index (χ1n) is 15.4. The third-order valence-corrected chi connectivity index (χ3v) is 9.59. The molecule has 2 heterocycles. The van der Waals surface area contributed by atoms with Crippen molar-refractivity contribution in [1.82, 2.24) is 10.6 Å². The van der Waals surface area contributed by atoms with Gasteiger partial charge in [-0.15, -0.1) is 0 Å². The first kappa shape index (κ1) is 36.8. The van der Waals surface area contributed by atoms with E-state index in [9.17, 15) is 46.0 Å². The summed E-state index contributed by atoms with van der Waals surface area (Å²) in [6, 6.07) is -3.49. The van der Waals surface area contributed by atoms with Crippen molar-refractivity contribution in [3.8, 4) is 0 Å². The van der Waals surface area contributed by atoms with Gasteiger partial charge in [0.2, 0.25) is 0 Å². The largest absolute Gasteiger partial charge is 0.391 e. The van der Waals surface area contributed by atoms with Crippen LogP contribution in [-0.4, -0.2) is 182 Å². The van der Waals surface area contributed by atoms with Crippen LogP contribution >= 0.6 is 0 Å². The molecule has 2 aliphatic carbocycles. The number of rotatable bonds is 12. The SMILES string of the molecule is CNC1C(O)C(OC2C(NC(O)C3(O)CC3N)CC(N)C(C3OC(C=NCC(O)CCN)C(O)C(O)C3O)C2O)OCC1(C)O. The second kappa shape index (κ2) is 14.6. The summed E-state index contributed by atoms with van der Waals surface area (Å²) in [5.41, 5.74) is 14.7. The Morgan fingerprint density at radius 2 is 1.71 bits per heavy atom. The van der Waals surface area contributed by atoms with E-state index in [1.807, 2.05) is 0 Å². The van der Waals surface area contributed by atoms with Crippen LogP contribution in [0.4, 0.5) is 0 Å². The number of likely N-dealkylation sites (N-methyl/N-ethyl adjacent to an activating group) is 1. The maximum Gasteiger partial charge on any atom is 0.185 e. The molecule has 0 spiro atoms. The zero-order valence-electron chi connectivity index (χ0n) is 25.5. The fourth-order valence-electron chi connectivity index (χ4n) is 6.69. The molecule has 18 unspecified atom stereocenters. The second-order valence-corrected chi connectivity index (χ2v) is 13.1. The summed E-state index contributed by atoms with van der Waals surface area (Å²) in [7, 11) is 1.54. The molecule has 17 N–H and O–H groups in total. The predicted octanol–water partition coefficient (Wildman–Crippen LogP) is -7.49. The summed E-state index contributed by atoms with van der Waals surface area (Å²) < 4.78 is 17.7. The lowest BCUT2D eigenvalue weighted by molar-refractivity contribution is -0.303. The van der Waals surface area contributed by atoms with Crippen LogP contribution in [0.15, 0.2) is 4.99 Å². The second-order valence-electron chi connectivity index (χ2n) is 13.1. The first-order chi connectivity index (χ1) is 21.1. The van der Waals surface area contributed by atoms with Crippen molar-refractivity contribution in [3.05, 3.63) is 0 Å². The van der Waals surface area contributed by atoms with E-state index in [0.29, 0.717) is 6.42 Å². The smallest absolute Gasteiger partial charge is 0.185 e. The van der Waals surface area contributed by atoms with E-state index >= 15 is 0 Å². The summed E-state index contributed by atoms with van der Waals surface area (Å²) in [5, 5.41) is 103. The molecular weight excluding hydrogens is 600 g/mol. The van der Waals surface area contributed by atoms with Crippen LogP contribution in [0.2, 0.25) is 0 Å². The van der Waals surface area contributed by atoms with Crippen molar-refractivity contribution in [2.75, 3.05) is 26.7 Å². The van der Waals surface area contributed by atoms with Crippen molar-refractivity contribution in [1.29, 1.82) is 0 Å². The molecule has 4 fully saturated rings. The average Bonchev–Trinajstić information content (AvgIpc) is 3.59. The van der Waals surface area contributed by atoms with Gasteiger partial charge in [-0.2, -0.15) is 0 Å². The Balaban J connectivity index is 1.58. The van der Waals surface area contributed by atoms with Gasteiger partial charge in [-0.05, 0) is 39.8 Å². The quantitative estimate of drug-likeness (QED) is 0.0687. The Labute approximate surface area is 261 Å². The number of ether oxygens (including phenoxy) is 3. The van der Waals surface area contributed by atoms with Gasteiger partial charge >= 0.3 is 0 Å². The molecular formula is C27H52N6O12. The van der Waals surface area contributed by atoms with Crippen LogP contribution < -0.4 is 27.8 Å². The molecule has 0 bridgehead atoms. The van der Waals surface area contributed by atoms with Gasteiger partial charge in [0.1, 0.15) is 54.1 Å². The van der Waals surface area contributed by atoms with Gasteiger partial charge in [0.25, 0.3) is 0 Å². The molecule has 18 nitrogen and oxygen atoms in total. The number of nitrogens with one attached hydrogen (secondary N) is 2. The highest BCUT2D eigenvalue weighted by atomic mass is 16.7. The number of aliphatic hydroxyl groups excluding tert-OH is 7. The Hall–Kier alpha value is -1.01. The minimum Gasteiger partial charge on any atom is -0.391 e. The Morgan fingerprint density at radius 1 is 1.04 bits per heavy atom. The zero-order valence-corrected chi connectivity index (χ0v) is 25.5. The molecule has 45 heavy (non-hydrogen) atoms. The lowest BCUT2D eigenvalue weighted by Crippen LogP contribution is -2.71. The predicted molar refractivity (Wildman–Crippen MR) is 156 cm³/mol. The molecule has 0 amide bonds. The summed E-state index contributed by atoms with van der Waals surface area (Å²) in [6.07, 6.45) is -14.2. The van der Waals surface area contributed by atoms with E-state index < -0.39 is 109 Å². The summed E-state index contributed by atoms with van der Waals surface area (Å²) >= 11 is 0. The molecule has 18 atom stereocenters. The van der Waals surface area contributed by atoms with Crippen LogP contribution in [-0.2, 0) is 14.2 Å². The lowest BCUT2D eigenvalue weighted by atomic mass is 9.72. The van der Waals surface area contributed by atoms with Gasteiger partial charge in [0.15, 0.2) is 6.29 Å². The third-order valence-electron chi connectivity index (χ3n) is 9.59. The molecule has 2 saturated heterocycles. The van der Waals surface area contributed by atoms with E-state index in [-0.39, 0.29) is 32.5 Å². The van der Waals surface area contributed by atoms with Crippen LogP contribution in [0.3, 0.4) is 0 Å². The van der Waals surface area contributed by atoms with Crippen LogP contribution in [0.1, 0.15) is 26.2 Å². The molecule has 0 aromatic carbocycles. The fraction of sp³-hybridized carbons (Fsp3) is 0.963. The molecule has 0 aromatic heterocycles. The maximum atomic E-state index is 11.8. The highest BCUT2D eigenvalue weighted by Crippen LogP contribution is 2.40. The highest BCUT2D eigenvalue weighted by molar-refractivity contribution is 5.64. The first-order valence-corrected chi connectivity index (χ1v) is 15.4. The molecule has 2 saturated carbocycles. The summed E-state index contributed by atoms with van der Waals surface area (Å²) in [4.78, 5) is 4.08. The fourth-order valence-corrected chi connectivity index (χ4v) is 6.69. The van der Waals surface area contributed by atoms with Gasteiger partial charge < -0.3 is 82.7 Å². The average molecular weight is 653 g/mol. The molecule has 4 aliphatic rings. The number of nitrogens with two attached hydrogens (primary N) is 3. The van der Waals surface area contributed by atoms with E-state index in [4.69, 9.17) is 31.4 Å². The van der Waals surface area contributed by atoms with Crippen LogP contribution in [0.25, 0.3) is 0 Å². The Bertz CT molecular complexity index is 1000. The van der Waals surface area contributed by atoms with Crippen LogP contribution in [0.5, 0.6) is 0 Å². The molecule has 0 radical (unpaired) electrons. The van der Waals surface area contributed by atoms with Gasteiger partial charge in [-0.1, -0.05) is 0 Å². The number of hydrogen-bond donors (Lipinski definition) is 14. The Kier molecular flexibility index (Phi) is 12.0. The van der Waals surface area contributed by atoms with Crippen molar-refractivity contribution in [2.24, 2.45) is 28.1 Å². The van der Waals surface area contributed by atoms with Crippen molar-refractivity contribution in [2.45, 2.75) is 129 Å². The normalized spacial score (nSPS) is 50.4. The number of aliphatic hydroxyl groups is 9. The number of hydrogen-bond acceptors (Lipinski definition) is 18. The van der Waals surface area contributed by atoms with Crippen LogP contribution in [0, 0.1) is 5.92 Å². The molecule has 18 heteroatoms. The van der Waals surface area contributed by atoms with Crippen molar-refractivity contribution < 1.29 is 60.2 Å². The summed E-state index contributed by atoms with van der Waals surface area (Å²) in [6.45, 7) is 1.42. The van der Waals surface area contributed by atoms with Gasteiger partial charge in [-0.25, -0.2) is 0 Å². The number of nitrogens with zero attached hydrogens (tertiary/aromatic N) is 1. The monoisotopic (exact) mass is 652 g/mol. The summed E-state index contributed by atoms with van der Waals surface area (Å²) in [5.74, 6) is -1.14. The van der Waals surface area contributed by atoms with Gasteiger partial charge in [-0.3, -0.25) is 10.3 Å². The Morgan fingerprint density at radius 3 is 2.31 bits per heavy atom. The minimum absolute atomic E-state index is 0.0278. The van der Waals surface area contributed by atoms with Crippen molar-refractivity contribution >= 4 is 6.21 Å². The molecule has 262 valence electrons. The lowest BCUT2D eigenvalue weighted by Gasteiger charge is -2.52. The standard InChI is InChI=1S/C27H52N6O12/c1-26(41)9-43-24(20(39)23(26)31-2)45-21-12(33-25(40)27(42)6-14(27)30)5-11(29)15(17(21)36)22-19(38)18(37)16(35)13(44-22)8-32-7-10(34)3-4-28/h8,10-25,31,33-42H,3-7,9,28-30H2,1-2H3. The van der Waals surface area contributed by atoms with E-state index in [2.05, 4.69) is 15.6 Å². The molecule has 4 rings (SSSR count). The third kappa shape index (κ3) is 7.68. The zero-order chi connectivity index (χ0) is 33.4. The minimum atomic E-state index is -1.72. The van der Waals surface area contributed by atoms with Gasteiger partial charge in [0, 0.05) is 30.3 Å². The van der Waals surface area contributed by atoms with Gasteiger partial charge in [0.05, 0.1) is 37.5 Å². The van der Waals surface area contributed by atoms with E-state index in [0.717, 1.165) is 0 Å².